The number of imidazole rings is 2. The van der Waals surface area contributed by atoms with Crippen molar-refractivity contribution in [2.24, 2.45) is 0 Å². The first-order valence-electron chi connectivity index (χ1n) is 14.3. The number of nitrogens with two attached hydrogens (primary N) is 2. The fourth-order valence-corrected chi connectivity index (χ4v) is 10.4. The van der Waals surface area contributed by atoms with Crippen LogP contribution in [-0.4, -0.2) is 114 Å². The molecule has 0 amide bonds. The fraction of sp³-hybridized carbons (Fsp3) is 0.300. The van der Waals surface area contributed by atoms with Crippen molar-refractivity contribution < 1.29 is 102 Å². The van der Waals surface area contributed by atoms with Crippen molar-refractivity contribution in [1.29, 1.82) is 0 Å². The summed E-state index contributed by atoms with van der Waals surface area (Å²) in [6.07, 6.45) is -3.08. The minimum atomic E-state index is -6.49. The maximum atomic E-state index is 12.3. The van der Waals surface area contributed by atoms with E-state index in [0.717, 1.165) is 34.4 Å². The molecule has 0 radical (unpaired) electrons. The normalized spacial score (nSPS) is 19.5. The highest BCUT2D eigenvalue weighted by atomic mass is 31.3. The molecule has 57 heavy (non-hydrogen) atoms. The molecule has 32 nitrogen and oxygen atoms in total. The van der Waals surface area contributed by atoms with Crippen LogP contribution in [0.3, 0.4) is 0 Å². The third kappa shape index (κ3) is 12.5. The summed E-state index contributed by atoms with van der Waals surface area (Å²) in [6, 6.07) is 0. The van der Waals surface area contributed by atoms with E-state index in [9.17, 15) is 66.5 Å². The lowest BCUT2D eigenvalue weighted by molar-refractivity contribution is -0.140. The first-order valence-corrected chi connectivity index (χ1v) is 21.8. The summed E-state index contributed by atoms with van der Waals surface area (Å²) in [5.74, 6) is -0.186. The summed E-state index contributed by atoms with van der Waals surface area (Å²) < 4.78 is 97.0. The van der Waals surface area contributed by atoms with Gasteiger partial charge in [-0.2, -0.15) is 17.2 Å². The minimum absolute atomic E-state index is 0.0236. The van der Waals surface area contributed by atoms with Gasteiger partial charge in [0.15, 0.2) is 60.5 Å². The Hall–Kier alpha value is -3.99. The molecule has 8 atom stereocenters. The van der Waals surface area contributed by atoms with Gasteiger partial charge in [0.25, 0.3) is 0 Å². The number of anilines is 2. The SMILES string of the molecule is Nc1ncnc2c1ncn2[C@H](C=O)O[C@H](C=O)COP(=O)(O)OP(=O)(O)OP(=O)(O)OP(=O)(O)OP(=O)(O)OC[C@@H](C=O)O[C@@H](C=O)n1cnc2c(N)ncnc21. The first-order chi connectivity index (χ1) is 26.5. The van der Waals surface area contributed by atoms with Crippen LogP contribution in [0.2, 0.25) is 0 Å². The van der Waals surface area contributed by atoms with Crippen molar-refractivity contribution in [3.63, 3.8) is 0 Å². The highest BCUT2D eigenvalue weighted by Gasteiger charge is 2.48. The lowest BCUT2D eigenvalue weighted by Crippen LogP contribution is -2.27. The molecule has 9 N–H and O–H groups in total. The van der Waals surface area contributed by atoms with E-state index < -0.39 is 77.0 Å². The second-order valence-corrected chi connectivity index (χ2v) is 17.9. The monoisotopic (exact) mass is 912 g/mol. The Kier molecular flexibility index (Phi) is 14.7. The number of carbonyl (C=O) groups excluding carboxylic acids is 4. The van der Waals surface area contributed by atoms with Crippen LogP contribution < -0.4 is 11.5 Å². The molecule has 0 aliphatic heterocycles. The minimum Gasteiger partial charge on any atom is -0.382 e. The molecule has 0 fully saturated rings. The van der Waals surface area contributed by atoms with Gasteiger partial charge in [0, 0.05) is 0 Å². The highest BCUT2D eigenvalue weighted by molar-refractivity contribution is 7.71. The molecule has 4 heterocycles. The van der Waals surface area contributed by atoms with Crippen molar-refractivity contribution in [2.45, 2.75) is 24.7 Å². The summed E-state index contributed by atoms with van der Waals surface area (Å²) in [7, 11) is -31.1. The van der Waals surface area contributed by atoms with E-state index >= 15 is 0 Å². The number of hydrogen-bond donors (Lipinski definition) is 7. The van der Waals surface area contributed by atoms with Gasteiger partial charge < -0.3 is 55.0 Å². The second-order valence-electron chi connectivity index (χ2n) is 10.1. The Morgan fingerprint density at radius 3 is 1.19 bits per heavy atom. The molecule has 37 heteroatoms. The number of aromatic nitrogens is 8. The van der Waals surface area contributed by atoms with E-state index in [0.29, 0.717) is 0 Å². The first kappa shape index (κ1) is 45.7. The van der Waals surface area contributed by atoms with Crippen molar-refractivity contribution in [2.75, 3.05) is 24.7 Å². The smallest absolute Gasteiger partial charge is 0.382 e. The number of nitrogens with zero attached hydrogens (tertiary/aromatic N) is 8. The van der Waals surface area contributed by atoms with Crippen LogP contribution in [0.1, 0.15) is 12.5 Å². The number of rotatable bonds is 24. The van der Waals surface area contributed by atoms with Crippen molar-refractivity contribution in [1.82, 2.24) is 39.0 Å². The fourth-order valence-electron chi connectivity index (χ4n) is 3.97. The largest absolute Gasteiger partial charge is 0.490 e. The molecule has 0 saturated heterocycles. The molecular weight excluding hydrogens is 887 g/mol. The zero-order valence-electron chi connectivity index (χ0n) is 27.5. The Bertz CT molecular complexity index is 2220. The molecule has 312 valence electrons. The summed E-state index contributed by atoms with van der Waals surface area (Å²) in [5, 5.41) is 0. The van der Waals surface area contributed by atoms with Gasteiger partial charge in [-0.05, 0) is 0 Å². The summed E-state index contributed by atoms with van der Waals surface area (Å²) in [5.41, 5.74) is 11.3. The predicted octanol–water partition coefficient (Wildman–Crippen LogP) is -1.00. The van der Waals surface area contributed by atoms with Gasteiger partial charge in [-0.3, -0.25) is 27.8 Å². The molecule has 0 saturated carbocycles. The molecule has 4 aromatic heterocycles. The van der Waals surface area contributed by atoms with Crippen LogP contribution in [0, 0.1) is 0 Å². The average molecular weight is 912 g/mol. The van der Waals surface area contributed by atoms with E-state index in [1.807, 2.05) is 0 Å². The molecule has 0 spiro atoms. The standard InChI is InChI=1S/C20H25N10O22P5/c21-17-15-19(25-7-23-17)29(9-27-15)13(3-33)47-11(1-31)5-45-53(35,36)49-55(39,40)51-57(43,44)52-56(41,42)50-54(37,38)46-6-12(2-32)48-14(4-34)30-10-28-16-18(22)24-8-26-20(16)30/h1-4,7-14H,5-6H2,(H,35,36)(H,37,38)(H,39,40)(H,41,42)(H,43,44)(H2,21,23,25)(H2,22,24,26)/t11-,12-,13+,14+/m1/s1. The lowest BCUT2D eigenvalue weighted by Gasteiger charge is -2.22. The topological polar surface area (TPSA) is 468 Å². The van der Waals surface area contributed by atoms with Gasteiger partial charge in [-0.15, -0.1) is 0 Å². The quantitative estimate of drug-likeness (QED) is 0.0327. The Balaban J connectivity index is 1.30. The summed E-state index contributed by atoms with van der Waals surface area (Å²) in [4.78, 5) is 118. The van der Waals surface area contributed by atoms with E-state index in [1.165, 1.54) is 0 Å². The molecular formula is C20H25N10O22P5. The number of carbonyl (C=O) groups is 4. The van der Waals surface area contributed by atoms with E-state index in [2.05, 4.69) is 56.2 Å². The molecule has 0 aliphatic carbocycles. The molecule has 4 rings (SSSR count). The highest BCUT2D eigenvalue weighted by Crippen LogP contribution is 2.73. The summed E-state index contributed by atoms with van der Waals surface area (Å²) in [6.45, 7) is -2.64. The third-order valence-electron chi connectivity index (χ3n) is 6.12. The third-order valence-corrected chi connectivity index (χ3v) is 13.7. The Morgan fingerprint density at radius 1 is 0.544 bits per heavy atom. The van der Waals surface area contributed by atoms with Crippen molar-refractivity contribution >= 4 is 98.2 Å². The van der Waals surface area contributed by atoms with Gasteiger partial charge in [0.05, 0.1) is 25.9 Å². The maximum Gasteiger partial charge on any atom is 0.490 e. The van der Waals surface area contributed by atoms with Crippen LogP contribution in [0.4, 0.5) is 11.6 Å². The zero-order valence-corrected chi connectivity index (χ0v) is 32.0. The number of nitrogen functional groups attached to an aromatic ring is 2. The van der Waals surface area contributed by atoms with E-state index in [1.54, 1.807) is 0 Å². The van der Waals surface area contributed by atoms with Crippen LogP contribution >= 0.6 is 39.1 Å². The van der Waals surface area contributed by atoms with E-state index in [4.69, 9.17) is 20.9 Å². The van der Waals surface area contributed by atoms with Gasteiger partial charge in [0.1, 0.15) is 35.9 Å². The molecule has 4 aromatic rings. The second kappa shape index (κ2) is 18.3. The maximum absolute atomic E-state index is 12.3. The number of aldehydes is 4. The number of fused-ring (bicyclic) bond motifs is 2. The Morgan fingerprint density at radius 2 is 0.877 bits per heavy atom. The zero-order chi connectivity index (χ0) is 42.4. The van der Waals surface area contributed by atoms with Gasteiger partial charge in [-0.1, -0.05) is 0 Å². The van der Waals surface area contributed by atoms with Gasteiger partial charge in [0.2, 0.25) is 0 Å². The van der Waals surface area contributed by atoms with Crippen molar-refractivity contribution in [3.8, 4) is 0 Å². The summed E-state index contributed by atoms with van der Waals surface area (Å²) >= 11 is 0. The van der Waals surface area contributed by atoms with Crippen LogP contribution in [0.25, 0.3) is 22.3 Å². The van der Waals surface area contributed by atoms with Crippen LogP contribution in [0.5, 0.6) is 0 Å². The number of phosphoric ester groups is 2. The predicted molar refractivity (Wildman–Crippen MR) is 177 cm³/mol. The van der Waals surface area contributed by atoms with Gasteiger partial charge in [-0.25, -0.2) is 52.7 Å². The lowest BCUT2D eigenvalue weighted by atomic mass is 10.4. The number of hydrogen-bond acceptors (Lipinski definition) is 25. The number of phosphoric acid groups is 5. The molecule has 0 aromatic carbocycles. The average Bonchev–Trinajstić information content (AvgIpc) is 3.73. The van der Waals surface area contributed by atoms with Gasteiger partial charge >= 0.3 is 39.1 Å². The van der Waals surface area contributed by atoms with Crippen LogP contribution in [0.15, 0.2) is 25.3 Å². The molecule has 0 aliphatic rings. The van der Waals surface area contributed by atoms with Crippen LogP contribution in [-0.2, 0) is 77.8 Å². The van der Waals surface area contributed by atoms with E-state index in [-0.39, 0.29) is 59.1 Å². The Labute approximate surface area is 314 Å². The molecule has 4 unspecified atom stereocenters. The molecule has 0 bridgehead atoms. The van der Waals surface area contributed by atoms with Crippen molar-refractivity contribution in [3.05, 3.63) is 25.3 Å². The number of ether oxygens (including phenoxy) is 2.